The van der Waals surface area contributed by atoms with Crippen molar-refractivity contribution in [2.45, 2.75) is 69.4 Å². The standard InChI is InChI=1S/C27H39N9O7S3/c1-6-7-15(2)11-41-27(40)43-16(3)42-24(39)21-17(13-46-26-31-32-33-35(26)9-8-34(4)5)12-44-23-20(22(38)36(21)23)30-19(37)10-18-14-45-25(28)29-18/h14-16,20,23H,6-13H2,1-5H3,(H2,28,29)(H,30,37)/t15?,16?,20-,23+/m1/s1. The quantitative estimate of drug-likeness (QED) is 0.111. The lowest BCUT2D eigenvalue weighted by Gasteiger charge is -2.49. The zero-order valence-electron chi connectivity index (χ0n) is 26.3. The average Bonchev–Trinajstić information content (AvgIpc) is 3.63. The van der Waals surface area contributed by atoms with Crippen LogP contribution in [0.4, 0.5) is 9.93 Å². The van der Waals surface area contributed by atoms with Gasteiger partial charge in [-0.15, -0.1) is 28.2 Å². The summed E-state index contributed by atoms with van der Waals surface area (Å²) < 4.78 is 17.4. The summed E-state index contributed by atoms with van der Waals surface area (Å²) in [5, 5.41) is 16.7. The molecule has 1 saturated heterocycles. The Morgan fingerprint density at radius 2 is 2.04 bits per heavy atom. The number of nitrogens with zero attached hydrogens (tertiary/aromatic N) is 7. The smallest absolute Gasteiger partial charge is 0.434 e. The van der Waals surface area contributed by atoms with Gasteiger partial charge < -0.3 is 30.2 Å². The number of β-lactam (4-membered cyclic amide) rings is 1. The van der Waals surface area contributed by atoms with Gasteiger partial charge in [-0.3, -0.25) is 14.5 Å². The van der Waals surface area contributed by atoms with Crippen molar-refractivity contribution < 1.29 is 33.4 Å². The number of carbonyl (C=O) groups is 4. The number of aromatic nitrogens is 5. The number of anilines is 1. The molecule has 19 heteroatoms. The molecule has 3 N–H and O–H groups in total. The summed E-state index contributed by atoms with van der Waals surface area (Å²) in [7, 11) is 3.89. The minimum absolute atomic E-state index is 0.0340. The topological polar surface area (TPSA) is 197 Å². The molecule has 0 saturated carbocycles. The SMILES string of the molecule is CCCC(C)COC(=O)OC(C)OC(=O)C1=C(CSc2nnnn2CCN(C)C)CS[C@H]2[C@H](NC(=O)Cc3csc(N)n3)C(=O)N12. The minimum atomic E-state index is -1.29. The first-order chi connectivity index (χ1) is 22.0. The van der Waals surface area contributed by atoms with Gasteiger partial charge in [-0.1, -0.05) is 32.0 Å². The summed E-state index contributed by atoms with van der Waals surface area (Å²) in [4.78, 5) is 59.3. The number of ether oxygens (including phenoxy) is 3. The van der Waals surface area contributed by atoms with E-state index < -0.39 is 41.6 Å². The Morgan fingerprint density at radius 1 is 1.26 bits per heavy atom. The lowest BCUT2D eigenvalue weighted by atomic mass is 10.0. The van der Waals surface area contributed by atoms with Gasteiger partial charge >= 0.3 is 12.1 Å². The van der Waals surface area contributed by atoms with Gasteiger partial charge in [0, 0.05) is 30.4 Å². The van der Waals surface area contributed by atoms with Crippen LogP contribution >= 0.6 is 34.9 Å². The van der Waals surface area contributed by atoms with Crippen molar-refractivity contribution in [2.75, 3.05) is 44.5 Å². The van der Waals surface area contributed by atoms with E-state index in [1.165, 1.54) is 46.7 Å². The summed E-state index contributed by atoms with van der Waals surface area (Å²) in [6.45, 7) is 6.85. The van der Waals surface area contributed by atoms with Gasteiger partial charge in [0.25, 0.3) is 5.91 Å². The molecule has 4 atom stereocenters. The number of carbonyl (C=O) groups excluding carboxylic acids is 4. The molecule has 2 aromatic rings. The summed E-state index contributed by atoms with van der Waals surface area (Å²) in [6, 6.07) is -0.849. The predicted molar refractivity (Wildman–Crippen MR) is 171 cm³/mol. The molecule has 2 amide bonds. The van der Waals surface area contributed by atoms with Gasteiger partial charge in [0.1, 0.15) is 17.1 Å². The number of thiazole rings is 1. The number of hydrogen-bond acceptors (Lipinski definition) is 16. The molecule has 16 nitrogen and oxygen atoms in total. The number of nitrogens with one attached hydrogen (secondary N) is 1. The molecule has 2 aliphatic rings. The Balaban J connectivity index is 1.46. The fraction of sp³-hybridized carbons (Fsp3) is 0.630. The number of rotatable bonds is 16. The van der Waals surface area contributed by atoms with Gasteiger partial charge in [-0.05, 0) is 42.4 Å². The molecule has 4 heterocycles. The van der Waals surface area contributed by atoms with Crippen molar-refractivity contribution in [2.24, 2.45) is 5.92 Å². The van der Waals surface area contributed by atoms with Crippen LogP contribution in [0, 0.1) is 5.92 Å². The summed E-state index contributed by atoms with van der Waals surface area (Å²) >= 11 is 3.95. The molecule has 2 aliphatic heterocycles. The second-order valence-corrected chi connectivity index (χ2v) is 14.0. The highest BCUT2D eigenvalue weighted by atomic mass is 32.2. The van der Waals surface area contributed by atoms with Crippen LogP contribution in [0.5, 0.6) is 0 Å². The Labute approximate surface area is 279 Å². The Morgan fingerprint density at radius 3 is 2.74 bits per heavy atom. The fourth-order valence-electron chi connectivity index (χ4n) is 4.65. The van der Waals surface area contributed by atoms with Crippen LogP contribution < -0.4 is 11.1 Å². The van der Waals surface area contributed by atoms with Crippen LogP contribution in [-0.4, -0.2) is 115 Å². The molecule has 0 bridgehead atoms. The number of amides is 2. The lowest BCUT2D eigenvalue weighted by Crippen LogP contribution is -2.70. The first-order valence-corrected chi connectivity index (χ1v) is 17.6. The largest absolute Gasteiger partial charge is 0.511 e. The maximum Gasteiger partial charge on any atom is 0.511 e. The number of nitrogens with two attached hydrogens (primary N) is 1. The summed E-state index contributed by atoms with van der Waals surface area (Å²) in [5.41, 5.74) is 6.81. The normalized spacial score (nSPS) is 18.9. The monoisotopic (exact) mass is 697 g/mol. The summed E-state index contributed by atoms with van der Waals surface area (Å²) in [6.07, 6.45) is -0.440. The second-order valence-electron chi connectivity index (χ2n) is 11.1. The van der Waals surface area contributed by atoms with Crippen molar-refractivity contribution in [1.82, 2.24) is 40.3 Å². The van der Waals surface area contributed by atoms with Crippen molar-refractivity contribution in [3.63, 3.8) is 0 Å². The molecule has 0 aliphatic carbocycles. The molecular formula is C27H39N9O7S3. The van der Waals surface area contributed by atoms with Crippen LogP contribution in [0.3, 0.4) is 0 Å². The highest BCUT2D eigenvalue weighted by Gasteiger charge is 2.54. The van der Waals surface area contributed by atoms with Crippen molar-refractivity contribution >= 4 is 63.9 Å². The number of tetrazole rings is 1. The van der Waals surface area contributed by atoms with Gasteiger partial charge in [0.15, 0.2) is 5.13 Å². The van der Waals surface area contributed by atoms with E-state index in [1.807, 2.05) is 32.8 Å². The van der Waals surface area contributed by atoms with E-state index in [2.05, 4.69) is 25.8 Å². The molecular weight excluding hydrogens is 659 g/mol. The zero-order chi connectivity index (χ0) is 33.4. The van der Waals surface area contributed by atoms with Crippen molar-refractivity contribution in [3.05, 3.63) is 22.3 Å². The van der Waals surface area contributed by atoms with E-state index in [4.69, 9.17) is 19.9 Å². The summed E-state index contributed by atoms with van der Waals surface area (Å²) in [5.74, 6) is -0.892. The second kappa shape index (κ2) is 16.4. The highest BCUT2D eigenvalue weighted by molar-refractivity contribution is 8.01. The van der Waals surface area contributed by atoms with Gasteiger partial charge in [-0.2, -0.15) is 0 Å². The van der Waals surface area contributed by atoms with Crippen LogP contribution in [0.1, 0.15) is 39.3 Å². The molecule has 2 unspecified atom stereocenters. The number of nitrogen functional groups attached to an aromatic ring is 1. The zero-order valence-corrected chi connectivity index (χ0v) is 28.8. The highest BCUT2D eigenvalue weighted by Crippen LogP contribution is 2.42. The Hall–Kier alpha value is -3.42. The van der Waals surface area contributed by atoms with Gasteiger partial charge in [0.2, 0.25) is 17.4 Å². The third kappa shape index (κ3) is 9.32. The number of fused-ring (bicyclic) bond motifs is 1. The first kappa shape index (κ1) is 35.4. The molecule has 252 valence electrons. The number of likely N-dealkylation sites (N-methyl/N-ethyl adjacent to an activating group) is 1. The van der Waals surface area contributed by atoms with Crippen molar-refractivity contribution in [3.8, 4) is 0 Å². The van der Waals surface area contributed by atoms with Gasteiger partial charge in [0.05, 0.1) is 25.3 Å². The van der Waals surface area contributed by atoms with Gasteiger partial charge in [-0.25, -0.2) is 19.3 Å². The number of hydrogen-bond donors (Lipinski definition) is 2. The molecule has 1 fully saturated rings. The maximum absolute atomic E-state index is 13.6. The third-order valence-corrected chi connectivity index (χ3v) is 10.0. The van der Waals surface area contributed by atoms with Crippen LogP contribution in [-0.2, 0) is 41.6 Å². The Bertz CT molecular complexity index is 1430. The predicted octanol–water partition coefficient (Wildman–Crippen LogP) is 1.74. The fourth-order valence-corrected chi connectivity index (χ4v) is 7.60. The molecule has 2 aromatic heterocycles. The van der Waals surface area contributed by atoms with E-state index in [0.717, 1.165) is 19.4 Å². The molecule has 4 rings (SSSR count). The van der Waals surface area contributed by atoms with E-state index >= 15 is 0 Å². The number of thioether (sulfide) groups is 2. The van der Waals surface area contributed by atoms with Crippen LogP contribution in [0.25, 0.3) is 0 Å². The van der Waals surface area contributed by atoms with Crippen LogP contribution in [0.2, 0.25) is 0 Å². The third-order valence-electron chi connectivity index (χ3n) is 6.90. The lowest BCUT2D eigenvalue weighted by molar-refractivity contribution is -0.169. The molecule has 0 spiro atoms. The maximum atomic E-state index is 13.6. The van der Waals surface area contributed by atoms with Crippen molar-refractivity contribution in [1.29, 1.82) is 0 Å². The number of esters is 1. The molecule has 0 radical (unpaired) electrons. The minimum Gasteiger partial charge on any atom is -0.434 e. The van der Waals surface area contributed by atoms with E-state index in [-0.39, 0.29) is 30.4 Å². The van der Waals surface area contributed by atoms with E-state index in [0.29, 0.717) is 33.9 Å². The average molecular weight is 698 g/mol. The first-order valence-electron chi connectivity index (χ1n) is 14.7. The Kier molecular flexibility index (Phi) is 12.6. The molecule has 0 aromatic carbocycles. The van der Waals surface area contributed by atoms with Crippen LogP contribution in [0.15, 0.2) is 21.8 Å². The molecule has 46 heavy (non-hydrogen) atoms. The van der Waals surface area contributed by atoms with E-state index in [1.54, 1.807) is 10.1 Å². The van der Waals surface area contributed by atoms with E-state index in [9.17, 15) is 19.2 Å².